The number of fused-ring (bicyclic) bond motifs is 2. The van der Waals surface area contributed by atoms with Crippen LogP contribution in [0.3, 0.4) is 0 Å². The van der Waals surface area contributed by atoms with Crippen LogP contribution in [0, 0.1) is 23.7 Å². The molecule has 24 heavy (non-hydrogen) atoms. The first-order valence-electron chi connectivity index (χ1n) is 7.40. The highest BCUT2D eigenvalue weighted by Gasteiger charge is 2.52. The SMILES string of the molecule is O=C1O[C@@H](C(O)COC(=O)C2C3C=CC(C3)C2C(=O)O)C(O)=C1O. The van der Waals surface area contributed by atoms with Gasteiger partial charge in [0.2, 0.25) is 5.76 Å². The number of hydrogen-bond acceptors (Lipinski definition) is 8. The molecule has 0 radical (unpaired) electrons. The van der Waals surface area contributed by atoms with E-state index in [2.05, 4.69) is 4.74 Å². The molecule has 1 heterocycles. The molecule has 3 rings (SSSR count). The Kier molecular flexibility index (Phi) is 3.96. The molecule has 6 atom stereocenters. The van der Waals surface area contributed by atoms with Crippen LogP contribution in [0.4, 0.5) is 0 Å². The van der Waals surface area contributed by atoms with Crippen molar-refractivity contribution >= 4 is 17.9 Å². The van der Waals surface area contributed by atoms with E-state index in [1.54, 1.807) is 12.2 Å². The second-order valence-electron chi connectivity index (χ2n) is 6.10. The number of esters is 2. The predicted octanol–water partition coefficient (Wildman–Crippen LogP) is -0.334. The molecule has 9 nitrogen and oxygen atoms in total. The lowest BCUT2D eigenvalue weighted by Gasteiger charge is -2.24. The predicted molar refractivity (Wildman–Crippen MR) is 74.5 cm³/mol. The summed E-state index contributed by atoms with van der Waals surface area (Å²) in [5, 5.41) is 37.8. The van der Waals surface area contributed by atoms with Crippen LogP contribution in [0.1, 0.15) is 6.42 Å². The number of rotatable bonds is 5. The summed E-state index contributed by atoms with van der Waals surface area (Å²) in [6.45, 7) is -0.613. The number of aliphatic hydroxyl groups is 3. The summed E-state index contributed by atoms with van der Waals surface area (Å²) in [6.07, 6.45) is 1.03. The van der Waals surface area contributed by atoms with E-state index in [0.717, 1.165) is 0 Å². The van der Waals surface area contributed by atoms with Crippen LogP contribution in [0.15, 0.2) is 23.7 Å². The average molecular weight is 340 g/mol. The van der Waals surface area contributed by atoms with Gasteiger partial charge in [-0.3, -0.25) is 9.59 Å². The highest BCUT2D eigenvalue weighted by Crippen LogP contribution is 2.48. The number of carbonyl (C=O) groups is 3. The van der Waals surface area contributed by atoms with Gasteiger partial charge in [0.1, 0.15) is 12.7 Å². The number of carbonyl (C=O) groups excluding carboxylic acids is 2. The summed E-state index contributed by atoms with van der Waals surface area (Å²) in [5.41, 5.74) is 0. The molecular formula is C15H16O9. The molecule has 0 aromatic carbocycles. The lowest BCUT2D eigenvalue weighted by Crippen LogP contribution is -2.38. The lowest BCUT2D eigenvalue weighted by molar-refractivity contribution is -0.163. The molecule has 4 N–H and O–H groups in total. The van der Waals surface area contributed by atoms with Gasteiger partial charge >= 0.3 is 17.9 Å². The monoisotopic (exact) mass is 340 g/mol. The van der Waals surface area contributed by atoms with Crippen molar-refractivity contribution in [3.05, 3.63) is 23.7 Å². The summed E-state index contributed by atoms with van der Waals surface area (Å²) in [4.78, 5) is 34.6. The Labute approximate surface area is 135 Å². The van der Waals surface area contributed by atoms with Crippen molar-refractivity contribution in [2.45, 2.75) is 18.6 Å². The standard InChI is InChI=1S/C15H16O9/c16-7(12-10(17)11(18)15(22)24-12)4-23-14(21)9-6-2-1-5(3-6)8(9)13(19)20/h1-2,5-9,12,16-18H,3-4H2,(H,19,20)/t5?,6?,7?,8?,9?,12-/m0/s1. The summed E-state index contributed by atoms with van der Waals surface area (Å²) in [5.74, 6) is -7.02. The maximum Gasteiger partial charge on any atom is 0.377 e. The highest BCUT2D eigenvalue weighted by molar-refractivity contribution is 5.89. The number of ether oxygens (including phenoxy) is 2. The fourth-order valence-electron chi connectivity index (χ4n) is 3.56. The Morgan fingerprint density at radius 2 is 1.88 bits per heavy atom. The third kappa shape index (κ3) is 2.50. The van der Waals surface area contributed by atoms with Crippen molar-refractivity contribution in [1.82, 2.24) is 0 Å². The molecule has 2 aliphatic carbocycles. The summed E-state index contributed by atoms with van der Waals surface area (Å²) >= 11 is 0. The zero-order valence-electron chi connectivity index (χ0n) is 12.4. The van der Waals surface area contributed by atoms with Crippen LogP contribution in [-0.4, -0.2) is 57.1 Å². The van der Waals surface area contributed by atoms with Crippen molar-refractivity contribution < 1.29 is 44.3 Å². The van der Waals surface area contributed by atoms with Crippen LogP contribution in [-0.2, 0) is 23.9 Å². The molecule has 1 aliphatic heterocycles. The Morgan fingerprint density at radius 3 is 2.42 bits per heavy atom. The minimum absolute atomic E-state index is 0.213. The second-order valence-corrected chi connectivity index (χ2v) is 6.10. The number of cyclic esters (lactones) is 1. The van der Waals surface area contributed by atoms with Crippen molar-refractivity contribution in [2.24, 2.45) is 23.7 Å². The van der Waals surface area contributed by atoms with Gasteiger partial charge in [0.15, 0.2) is 11.9 Å². The second kappa shape index (κ2) is 5.82. The molecule has 0 amide bonds. The fraction of sp³-hybridized carbons (Fsp3) is 0.533. The van der Waals surface area contributed by atoms with Gasteiger partial charge in [-0.1, -0.05) is 12.2 Å². The quantitative estimate of drug-likeness (QED) is 0.389. The van der Waals surface area contributed by atoms with E-state index in [-0.39, 0.29) is 11.8 Å². The first-order valence-corrected chi connectivity index (χ1v) is 7.40. The Balaban J connectivity index is 1.61. The summed E-state index contributed by atoms with van der Waals surface area (Å²) in [7, 11) is 0. The van der Waals surface area contributed by atoms with E-state index < -0.39 is 60.1 Å². The van der Waals surface area contributed by atoms with Crippen LogP contribution in [0.2, 0.25) is 0 Å². The molecule has 0 aromatic heterocycles. The van der Waals surface area contributed by atoms with E-state index in [1.807, 2.05) is 0 Å². The molecule has 1 saturated carbocycles. The zero-order chi connectivity index (χ0) is 17.6. The average Bonchev–Trinajstić information content (AvgIpc) is 3.22. The molecule has 130 valence electrons. The molecule has 0 saturated heterocycles. The highest BCUT2D eigenvalue weighted by atomic mass is 16.6. The van der Waals surface area contributed by atoms with Crippen molar-refractivity contribution in [3.8, 4) is 0 Å². The largest absolute Gasteiger partial charge is 0.505 e. The zero-order valence-corrected chi connectivity index (χ0v) is 12.4. The van der Waals surface area contributed by atoms with Crippen molar-refractivity contribution in [3.63, 3.8) is 0 Å². The molecule has 5 unspecified atom stereocenters. The molecule has 2 bridgehead atoms. The number of carboxylic acids is 1. The molecule has 1 fully saturated rings. The maximum absolute atomic E-state index is 12.2. The molecule has 0 spiro atoms. The van der Waals surface area contributed by atoms with Crippen molar-refractivity contribution in [1.29, 1.82) is 0 Å². The van der Waals surface area contributed by atoms with Crippen LogP contribution in [0.5, 0.6) is 0 Å². The van der Waals surface area contributed by atoms with Gasteiger partial charge in [-0.05, 0) is 18.3 Å². The Morgan fingerprint density at radius 1 is 1.25 bits per heavy atom. The van der Waals surface area contributed by atoms with Gasteiger partial charge in [-0.2, -0.15) is 0 Å². The minimum Gasteiger partial charge on any atom is -0.505 e. The van der Waals surface area contributed by atoms with E-state index >= 15 is 0 Å². The van der Waals surface area contributed by atoms with E-state index in [0.29, 0.717) is 6.42 Å². The first-order chi connectivity index (χ1) is 11.3. The van der Waals surface area contributed by atoms with Crippen LogP contribution in [0.25, 0.3) is 0 Å². The Bertz CT molecular complexity index is 649. The molecule has 0 aromatic rings. The van der Waals surface area contributed by atoms with Gasteiger partial charge in [0.05, 0.1) is 11.8 Å². The number of allylic oxidation sites excluding steroid dienone is 2. The van der Waals surface area contributed by atoms with Crippen LogP contribution >= 0.6 is 0 Å². The van der Waals surface area contributed by atoms with E-state index in [9.17, 15) is 29.7 Å². The first kappa shape index (κ1) is 16.3. The molecule has 3 aliphatic rings. The van der Waals surface area contributed by atoms with Crippen LogP contribution < -0.4 is 0 Å². The molecule has 9 heteroatoms. The maximum atomic E-state index is 12.2. The van der Waals surface area contributed by atoms with E-state index in [1.165, 1.54) is 0 Å². The minimum atomic E-state index is -1.58. The third-order valence-electron chi connectivity index (χ3n) is 4.70. The fourth-order valence-corrected chi connectivity index (χ4v) is 3.56. The molecular weight excluding hydrogens is 324 g/mol. The van der Waals surface area contributed by atoms with Crippen molar-refractivity contribution in [2.75, 3.05) is 6.61 Å². The lowest BCUT2D eigenvalue weighted by atomic mass is 9.83. The van der Waals surface area contributed by atoms with Gasteiger partial charge in [0.25, 0.3) is 0 Å². The van der Waals surface area contributed by atoms with Gasteiger partial charge in [-0.15, -0.1) is 0 Å². The number of hydrogen-bond donors (Lipinski definition) is 4. The third-order valence-corrected chi connectivity index (χ3v) is 4.70. The summed E-state index contributed by atoms with van der Waals surface area (Å²) < 4.78 is 9.51. The summed E-state index contributed by atoms with van der Waals surface area (Å²) in [6, 6.07) is 0. The van der Waals surface area contributed by atoms with Gasteiger partial charge in [0, 0.05) is 0 Å². The van der Waals surface area contributed by atoms with Gasteiger partial charge < -0.3 is 29.9 Å². The topological polar surface area (TPSA) is 151 Å². The van der Waals surface area contributed by atoms with Gasteiger partial charge in [-0.25, -0.2) is 4.79 Å². The number of aliphatic carboxylic acids is 1. The van der Waals surface area contributed by atoms with E-state index in [4.69, 9.17) is 9.84 Å². The number of carboxylic acid groups (broad SMARTS) is 1. The normalized spacial score (nSPS) is 35.2. The number of aliphatic hydroxyl groups excluding tert-OH is 3. The smallest absolute Gasteiger partial charge is 0.377 e. The Hall–Kier alpha value is -2.55.